The fourth-order valence-electron chi connectivity index (χ4n) is 1.32. The van der Waals surface area contributed by atoms with Crippen molar-refractivity contribution in [1.82, 2.24) is 4.98 Å². The van der Waals surface area contributed by atoms with E-state index in [1.54, 1.807) is 25.3 Å². The van der Waals surface area contributed by atoms with E-state index >= 15 is 0 Å². The molecular formula is C11H9ClN2O3S2. The largest absolute Gasteiger partial charge is 0.388 e. The lowest BCUT2D eigenvalue weighted by atomic mass is 10.3. The maximum atomic E-state index is 11.0. The highest BCUT2D eigenvalue weighted by Gasteiger charge is 2.22. The summed E-state index contributed by atoms with van der Waals surface area (Å²) >= 11 is 8.28. The van der Waals surface area contributed by atoms with E-state index in [9.17, 15) is 15.2 Å². The summed E-state index contributed by atoms with van der Waals surface area (Å²) in [4.78, 5) is 15.1. The molecule has 0 saturated heterocycles. The van der Waals surface area contributed by atoms with Crippen molar-refractivity contribution in [2.75, 3.05) is 0 Å². The zero-order valence-corrected chi connectivity index (χ0v) is 12.1. The van der Waals surface area contributed by atoms with Crippen LogP contribution in [-0.4, -0.2) is 15.0 Å². The summed E-state index contributed by atoms with van der Waals surface area (Å²) in [6.45, 7) is 1.57. The van der Waals surface area contributed by atoms with Gasteiger partial charge in [-0.25, -0.2) is 4.98 Å². The maximum absolute atomic E-state index is 11.0. The Labute approximate surface area is 122 Å². The highest BCUT2D eigenvalue weighted by Crippen LogP contribution is 2.43. The number of halogens is 1. The lowest BCUT2D eigenvalue weighted by Crippen LogP contribution is -1.88. The molecule has 0 aliphatic rings. The zero-order chi connectivity index (χ0) is 14.0. The molecule has 0 aromatic carbocycles. The number of hydrogen-bond acceptors (Lipinski definition) is 6. The predicted octanol–water partition coefficient (Wildman–Crippen LogP) is 3.91. The van der Waals surface area contributed by atoms with Crippen molar-refractivity contribution in [3.05, 3.63) is 44.4 Å². The molecule has 0 aliphatic heterocycles. The molecule has 0 saturated carbocycles. The Balaban J connectivity index is 2.39. The SMILES string of the molecule is C[C@H](O)c1cc([N+](=O)[O-])c(Sc2ncccc2Cl)s1. The number of aliphatic hydroxyl groups excluding tert-OH is 1. The molecule has 0 amide bonds. The van der Waals surface area contributed by atoms with Crippen LogP contribution >= 0.6 is 34.7 Å². The standard InChI is InChI=1S/C11H9ClN2O3S2/c1-6(15)9-5-8(14(16)17)11(18-9)19-10-7(12)3-2-4-13-10/h2-6,15H,1H3/t6-/m0/s1. The third-order valence-electron chi connectivity index (χ3n) is 2.22. The molecule has 19 heavy (non-hydrogen) atoms. The lowest BCUT2D eigenvalue weighted by molar-refractivity contribution is -0.387. The molecule has 0 aliphatic carbocycles. The van der Waals surface area contributed by atoms with E-state index in [4.69, 9.17) is 11.6 Å². The van der Waals surface area contributed by atoms with Crippen LogP contribution in [0.3, 0.4) is 0 Å². The predicted molar refractivity (Wildman–Crippen MR) is 75.0 cm³/mol. The zero-order valence-electron chi connectivity index (χ0n) is 9.74. The van der Waals surface area contributed by atoms with Gasteiger partial charge in [0.2, 0.25) is 0 Å². The third-order valence-corrected chi connectivity index (χ3v) is 5.14. The normalized spacial score (nSPS) is 12.4. The number of pyridine rings is 1. The molecule has 0 radical (unpaired) electrons. The Bertz CT molecular complexity index is 616. The number of thiophene rings is 1. The van der Waals surface area contributed by atoms with E-state index in [0.717, 1.165) is 11.8 Å². The molecule has 2 rings (SSSR count). The average Bonchev–Trinajstić information content (AvgIpc) is 2.76. The van der Waals surface area contributed by atoms with Crippen molar-refractivity contribution in [3.8, 4) is 0 Å². The monoisotopic (exact) mass is 316 g/mol. The van der Waals surface area contributed by atoms with Crippen molar-refractivity contribution < 1.29 is 10.0 Å². The van der Waals surface area contributed by atoms with E-state index in [0.29, 0.717) is 19.1 Å². The molecule has 2 aromatic rings. The van der Waals surface area contributed by atoms with Crippen LogP contribution in [0.1, 0.15) is 17.9 Å². The summed E-state index contributed by atoms with van der Waals surface area (Å²) in [5.74, 6) is 0. The Morgan fingerprint density at radius 3 is 2.95 bits per heavy atom. The first-order chi connectivity index (χ1) is 8.99. The topological polar surface area (TPSA) is 76.3 Å². The third kappa shape index (κ3) is 3.24. The minimum atomic E-state index is -0.739. The summed E-state index contributed by atoms with van der Waals surface area (Å²) in [5.41, 5.74) is -0.0346. The first kappa shape index (κ1) is 14.3. The summed E-state index contributed by atoms with van der Waals surface area (Å²) in [5, 5.41) is 21.4. The van der Waals surface area contributed by atoms with Gasteiger partial charge in [0.25, 0.3) is 5.69 Å². The first-order valence-electron chi connectivity index (χ1n) is 5.23. The number of rotatable bonds is 4. The molecule has 0 spiro atoms. The summed E-state index contributed by atoms with van der Waals surface area (Å²) in [7, 11) is 0. The summed E-state index contributed by atoms with van der Waals surface area (Å²) in [6.07, 6.45) is 0.834. The Morgan fingerprint density at radius 1 is 1.63 bits per heavy atom. The quantitative estimate of drug-likeness (QED) is 0.683. The fraction of sp³-hybridized carbons (Fsp3) is 0.182. The van der Waals surface area contributed by atoms with Crippen LogP contribution in [-0.2, 0) is 0 Å². The van der Waals surface area contributed by atoms with Crippen LogP contribution in [0.4, 0.5) is 5.69 Å². The van der Waals surface area contributed by atoms with Gasteiger partial charge in [0.1, 0.15) is 9.24 Å². The van der Waals surface area contributed by atoms with Crippen LogP contribution in [0, 0.1) is 10.1 Å². The average molecular weight is 317 g/mol. The van der Waals surface area contributed by atoms with Crippen LogP contribution in [0.2, 0.25) is 5.02 Å². The van der Waals surface area contributed by atoms with Gasteiger partial charge >= 0.3 is 0 Å². The number of aliphatic hydroxyl groups is 1. The summed E-state index contributed by atoms with van der Waals surface area (Å²) in [6, 6.07) is 4.75. The molecule has 0 fully saturated rings. The van der Waals surface area contributed by atoms with Crippen molar-refractivity contribution in [2.24, 2.45) is 0 Å². The van der Waals surface area contributed by atoms with Gasteiger partial charge in [0.15, 0.2) is 0 Å². The number of nitro groups is 1. The molecule has 0 unspecified atom stereocenters. The number of hydrogen-bond donors (Lipinski definition) is 1. The van der Waals surface area contributed by atoms with Crippen molar-refractivity contribution in [3.63, 3.8) is 0 Å². The highest BCUT2D eigenvalue weighted by molar-refractivity contribution is 8.01. The van der Waals surface area contributed by atoms with E-state index in [-0.39, 0.29) is 5.69 Å². The summed E-state index contributed by atoms with van der Waals surface area (Å²) < 4.78 is 0.460. The minimum absolute atomic E-state index is 0.0346. The Hall–Kier alpha value is -1.15. The van der Waals surface area contributed by atoms with Gasteiger partial charge in [-0.15, -0.1) is 11.3 Å². The molecule has 5 nitrogen and oxygen atoms in total. The Kier molecular flexibility index (Phi) is 4.41. The van der Waals surface area contributed by atoms with E-state index < -0.39 is 11.0 Å². The van der Waals surface area contributed by atoms with Crippen LogP contribution < -0.4 is 0 Å². The van der Waals surface area contributed by atoms with E-state index in [1.165, 1.54) is 17.4 Å². The molecule has 8 heteroatoms. The smallest absolute Gasteiger partial charge is 0.294 e. The van der Waals surface area contributed by atoms with Gasteiger partial charge in [0, 0.05) is 17.1 Å². The van der Waals surface area contributed by atoms with E-state index in [1.807, 2.05) is 0 Å². The number of aromatic nitrogens is 1. The minimum Gasteiger partial charge on any atom is -0.388 e. The molecule has 1 N–H and O–H groups in total. The van der Waals surface area contributed by atoms with E-state index in [2.05, 4.69) is 4.98 Å². The van der Waals surface area contributed by atoms with Gasteiger partial charge < -0.3 is 5.11 Å². The van der Waals surface area contributed by atoms with Gasteiger partial charge in [-0.2, -0.15) is 0 Å². The lowest BCUT2D eigenvalue weighted by Gasteiger charge is -2.00. The van der Waals surface area contributed by atoms with Crippen molar-refractivity contribution >= 4 is 40.4 Å². The maximum Gasteiger partial charge on any atom is 0.294 e. The first-order valence-corrected chi connectivity index (χ1v) is 7.24. The van der Waals surface area contributed by atoms with Gasteiger partial charge in [-0.05, 0) is 19.1 Å². The molecule has 2 heterocycles. The highest BCUT2D eigenvalue weighted by atomic mass is 35.5. The second-order valence-electron chi connectivity index (χ2n) is 3.65. The molecule has 100 valence electrons. The van der Waals surface area contributed by atoms with Crippen molar-refractivity contribution in [2.45, 2.75) is 22.3 Å². The van der Waals surface area contributed by atoms with Gasteiger partial charge in [-0.3, -0.25) is 10.1 Å². The van der Waals surface area contributed by atoms with Crippen LogP contribution in [0.15, 0.2) is 33.6 Å². The van der Waals surface area contributed by atoms with Gasteiger partial charge in [-0.1, -0.05) is 23.4 Å². The Morgan fingerprint density at radius 2 is 2.37 bits per heavy atom. The second kappa shape index (κ2) is 5.87. The molecule has 2 aromatic heterocycles. The van der Waals surface area contributed by atoms with Gasteiger partial charge in [0.05, 0.1) is 16.0 Å². The molecule has 0 bridgehead atoms. The van der Waals surface area contributed by atoms with Crippen molar-refractivity contribution in [1.29, 1.82) is 0 Å². The number of nitrogens with zero attached hydrogens (tertiary/aromatic N) is 2. The second-order valence-corrected chi connectivity index (χ2v) is 6.40. The molecular weight excluding hydrogens is 308 g/mol. The van der Waals surface area contributed by atoms with Crippen LogP contribution in [0.5, 0.6) is 0 Å². The molecule has 1 atom stereocenters. The van der Waals surface area contributed by atoms with Crippen LogP contribution in [0.25, 0.3) is 0 Å². The fourth-order valence-corrected chi connectivity index (χ4v) is 3.74.